The first-order valence-electron chi connectivity index (χ1n) is 8.65. The summed E-state index contributed by atoms with van der Waals surface area (Å²) >= 11 is 2.67. The molecule has 0 unspecified atom stereocenters. The van der Waals surface area contributed by atoms with E-state index >= 15 is 0 Å². The van der Waals surface area contributed by atoms with Gasteiger partial charge < -0.3 is 9.73 Å². The van der Waals surface area contributed by atoms with Crippen LogP contribution in [0.2, 0.25) is 0 Å². The van der Waals surface area contributed by atoms with E-state index in [2.05, 4.69) is 31.0 Å². The highest BCUT2D eigenvalue weighted by molar-refractivity contribution is 8.01. The lowest BCUT2D eigenvalue weighted by Gasteiger charge is -2.04. The molecule has 4 aromatic rings. The third-order valence-corrected chi connectivity index (χ3v) is 5.78. The van der Waals surface area contributed by atoms with E-state index in [-0.39, 0.29) is 17.7 Å². The number of para-hydroxylation sites is 1. The van der Waals surface area contributed by atoms with Gasteiger partial charge in [0.1, 0.15) is 0 Å². The number of thioether (sulfide) groups is 1. The van der Waals surface area contributed by atoms with Crippen molar-refractivity contribution in [2.24, 2.45) is 0 Å². The molecule has 0 saturated carbocycles. The number of rotatable bonds is 7. The van der Waals surface area contributed by atoms with Gasteiger partial charge in [-0.25, -0.2) is 0 Å². The van der Waals surface area contributed by atoms with Gasteiger partial charge in [-0.15, -0.1) is 15.3 Å². The van der Waals surface area contributed by atoms with Crippen molar-refractivity contribution in [2.75, 3.05) is 16.4 Å². The Morgan fingerprint density at radius 2 is 1.83 bits per heavy atom. The molecule has 10 heteroatoms. The number of amides is 1. The molecule has 8 nitrogen and oxygen atoms in total. The van der Waals surface area contributed by atoms with Crippen molar-refractivity contribution in [1.29, 1.82) is 0 Å². The SMILES string of the molecule is Cc1ccccc1Nc1nnc(SCC(=O)Nc2nnc(-c3ccccc3)o2)s1. The molecule has 0 bridgehead atoms. The molecular weight excluding hydrogens is 408 g/mol. The fraction of sp³-hybridized carbons (Fsp3) is 0.105. The molecule has 0 atom stereocenters. The smallest absolute Gasteiger partial charge is 0.322 e. The molecule has 0 saturated heterocycles. The van der Waals surface area contributed by atoms with Gasteiger partial charge in [-0.05, 0) is 30.7 Å². The van der Waals surface area contributed by atoms with Gasteiger partial charge in [-0.1, -0.05) is 64.6 Å². The van der Waals surface area contributed by atoms with Crippen molar-refractivity contribution in [3.8, 4) is 11.5 Å². The van der Waals surface area contributed by atoms with Crippen molar-refractivity contribution in [3.05, 3.63) is 60.2 Å². The zero-order valence-corrected chi connectivity index (χ0v) is 17.0. The van der Waals surface area contributed by atoms with Gasteiger partial charge >= 0.3 is 6.01 Å². The average molecular weight is 425 g/mol. The summed E-state index contributed by atoms with van der Waals surface area (Å²) in [5.41, 5.74) is 2.88. The largest absolute Gasteiger partial charge is 0.403 e. The van der Waals surface area contributed by atoms with Crippen molar-refractivity contribution in [1.82, 2.24) is 20.4 Å². The predicted molar refractivity (Wildman–Crippen MR) is 113 cm³/mol. The average Bonchev–Trinajstić information content (AvgIpc) is 3.38. The second-order valence-corrected chi connectivity index (χ2v) is 8.13. The van der Waals surface area contributed by atoms with E-state index in [1.54, 1.807) is 0 Å². The van der Waals surface area contributed by atoms with Crippen molar-refractivity contribution < 1.29 is 9.21 Å². The summed E-state index contributed by atoms with van der Waals surface area (Å²) in [6, 6.07) is 17.3. The van der Waals surface area contributed by atoms with E-state index in [1.807, 2.05) is 61.5 Å². The summed E-state index contributed by atoms with van der Waals surface area (Å²) in [6.07, 6.45) is 0. The molecule has 0 radical (unpaired) electrons. The molecule has 0 aliphatic carbocycles. The molecule has 0 fully saturated rings. The number of carbonyl (C=O) groups is 1. The molecule has 146 valence electrons. The highest BCUT2D eigenvalue weighted by atomic mass is 32.2. The Labute approximate surface area is 174 Å². The fourth-order valence-corrected chi connectivity index (χ4v) is 3.96. The van der Waals surface area contributed by atoms with Gasteiger partial charge in [-0.2, -0.15) is 0 Å². The Morgan fingerprint density at radius 1 is 1.03 bits per heavy atom. The van der Waals surface area contributed by atoms with Crippen molar-refractivity contribution >= 4 is 45.8 Å². The predicted octanol–water partition coefficient (Wildman–Crippen LogP) is 4.37. The standard InChI is InChI=1S/C19H16N6O2S2/c1-12-7-5-6-10-14(12)20-18-24-25-19(29-18)28-11-15(26)21-17-23-22-16(27-17)13-8-3-2-4-9-13/h2-10H,11H2,1H3,(H,20,24)(H,21,23,26). The van der Waals surface area contributed by atoms with Gasteiger partial charge in [0.15, 0.2) is 4.34 Å². The van der Waals surface area contributed by atoms with E-state index in [1.165, 1.54) is 23.1 Å². The van der Waals surface area contributed by atoms with Crippen LogP contribution in [0.15, 0.2) is 63.4 Å². The molecule has 1 amide bonds. The van der Waals surface area contributed by atoms with Gasteiger partial charge in [-0.3, -0.25) is 10.1 Å². The Bertz CT molecular complexity index is 1110. The zero-order chi connectivity index (χ0) is 20.1. The lowest BCUT2D eigenvalue weighted by atomic mass is 10.2. The van der Waals surface area contributed by atoms with Crippen LogP contribution in [0.5, 0.6) is 0 Å². The minimum absolute atomic E-state index is 0.0635. The fourth-order valence-electron chi connectivity index (χ4n) is 2.40. The van der Waals surface area contributed by atoms with Crippen LogP contribution in [0.25, 0.3) is 11.5 Å². The van der Waals surface area contributed by atoms with Gasteiger partial charge in [0.05, 0.1) is 5.75 Å². The van der Waals surface area contributed by atoms with E-state index in [4.69, 9.17) is 4.42 Å². The Balaban J connectivity index is 1.30. The number of benzene rings is 2. The molecule has 0 spiro atoms. The third-order valence-electron chi connectivity index (χ3n) is 3.81. The number of hydrogen-bond donors (Lipinski definition) is 2. The summed E-state index contributed by atoms with van der Waals surface area (Å²) in [4.78, 5) is 12.2. The van der Waals surface area contributed by atoms with Crippen molar-refractivity contribution in [3.63, 3.8) is 0 Å². The number of aromatic nitrogens is 4. The number of aryl methyl sites for hydroxylation is 1. The second-order valence-electron chi connectivity index (χ2n) is 5.93. The maximum Gasteiger partial charge on any atom is 0.322 e. The summed E-state index contributed by atoms with van der Waals surface area (Å²) in [7, 11) is 0. The van der Waals surface area contributed by atoms with E-state index in [9.17, 15) is 4.79 Å². The molecule has 0 aliphatic rings. The molecule has 29 heavy (non-hydrogen) atoms. The first-order valence-corrected chi connectivity index (χ1v) is 10.5. The van der Waals surface area contributed by atoms with Crippen LogP contribution in [-0.2, 0) is 4.79 Å². The number of anilines is 3. The normalized spacial score (nSPS) is 10.7. The van der Waals surface area contributed by atoms with Crippen LogP contribution in [0.1, 0.15) is 5.56 Å². The number of carbonyl (C=O) groups excluding carboxylic acids is 1. The van der Waals surface area contributed by atoms with Crippen LogP contribution in [-0.4, -0.2) is 32.1 Å². The zero-order valence-electron chi connectivity index (χ0n) is 15.3. The van der Waals surface area contributed by atoms with Gasteiger partial charge in [0, 0.05) is 11.3 Å². The van der Waals surface area contributed by atoms with Crippen LogP contribution < -0.4 is 10.6 Å². The van der Waals surface area contributed by atoms with E-state index in [0.29, 0.717) is 15.4 Å². The first kappa shape index (κ1) is 19.1. The number of hydrogen-bond acceptors (Lipinski definition) is 9. The number of nitrogens with one attached hydrogen (secondary N) is 2. The van der Waals surface area contributed by atoms with Gasteiger partial charge in [0.25, 0.3) is 0 Å². The molecule has 2 aromatic heterocycles. The first-order chi connectivity index (χ1) is 14.2. The summed E-state index contributed by atoms with van der Waals surface area (Å²) in [5, 5.41) is 22.5. The molecule has 4 rings (SSSR count). The van der Waals surface area contributed by atoms with E-state index in [0.717, 1.165) is 16.8 Å². The lowest BCUT2D eigenvalue weighted by molar-refractivity contribution is -0.113. The van der Waals surface area contributed by atoms with Gasteiger partial charge in [0.2, 0.25) is 16.9 Å². The van der Waals surface area contributed by atoms with Crippen LogP contribution in [0.3, 0.4) is 0 Å². The summed E-state index contributed by atoms with van der Waals surface area (Å²) in [5.74, 6) is 0.244. The highest BCUT2D eigenvalue weighted by Gasteiger charge is 2.13. The molecule has 2 heterocycles. The number of nitrogens with zero attached hydrogens (tertiary/aromatic N) is 4. The Morgan fingerprint density at radius 3 is 2.66 bits per heavy atom. The maximum atomic E-state index is 12.2. The Hall–Kier alpha value is -3.24. The molecular formula is C19H16N6O2S2. The quantitative estimate of drug-likeness (QED) is 0.421. The monoisotopic (exact) mass is 424 g/mol. The molecule has 2 aromatic carbocycles. The van der Waals surface area contributed by atoms with Crippen molar-refractivity contribution in [2.45, 2.75) is 11.3 Å². The molecule has 2 N–H and O–H groups in total. The second kappa shape index (κ2) is 8.84. The van der Waals surface area contributed by atoms with Crippen LogP contribution in [0, 0.1) is 6.92 Å². The van der Waals surface area contributed by atoms with E-state index < -0.39 is 0 Å². The lowest BCUT2D eigenvalue weighted by Crippen LogP contribution is -2.14. The minimum atomic E-state index is -0.262. The Kier molecular flexibility index (Phi) is 5.82. The summed E-state index contributed by atoms with van der Waals surface area (Å²) < 4.78 is 6.16. The molecule has 0 aliphatic heterocycles. The maximum absolute atomic E-state index is 12.2. The minimum Gasteiger partial charge on any atom is -0.403 e. The third kappa shape index (κ3) is 4.98. The topological polar surface area (TPSA) is 106 Å². The highest BCUT2D eigenvalue weighted by Crippen LogP contribution is 2.28. The van der Waals surface area contributed by atoms with Crippen LogP contribution in [0.4, 0.5) is 16.8 Å². The van der Waals surface area contributed by atoms with Crippen LogP contribution >= 0.6 is 23.1 Å². The summed E-state index contributed by atoms with van der Waals surface area (Å²) in [6.45, 7) is 2.02.